The van der Waals surface area contributed by atoms with E-state index in [1.807, 2.05) is 24.0 Å². The van der Waals surface area contributed by atoms with Crippen LogP contribution in [0.3, 0.4) is 0 Å². The van der Waals surface area contributed by atoms with Crippen LogP contribution in [0.25, 0.3) is 5.65 Å². The van der Waals surface area contributed by atoms with Crippen molar-refractivity contribution in [3.63, 3.8) is 0 Å². The fourth-order valence-corrected chi connectivity index (χ4v) is 2.98. The third kappa shape index (κ3) is 3.33. The molecule has 2 aromatic heterocycles. The number of hydrogen-bond donors (Lipinski definition) is 0. The largest absolute Gasteiger partial charge is 0.352 e. The Kier molecular flexibility index (Phi) is 4.94. The molecule has 1 amide bonds. The van der Waals surface area contributed by atoms with Gasteiger partial charge in [-0.05, 0) is 32.1 Å². The zero-order valence-electron chi connectivity index (χ0n) is 14.6. The fourth-order valence-electron chi connectivity index (χ4n) is 2.98. The molecule has 0 spiro atoms. The molecule has 0 atom stereocenters. The first-order valence-corrected chi connectivity index (χ1v) is 8.56. The number of anilines is 1. The molecule has 8 nitrogen and oxygen atoms in total. The number of hydrogen-bond acceptors (Lipinski definition) is 6. The molecule has 0 aromatic carbocycles. The van der Waals surface area contributed by atoms with Crippen LogP contribution in [0.4, 0.5) is 5.82 Å². The number of amides is 1. The first kappa shape index (κ1) is 16.6. The first-order valence-electron chi connectivity index (χ1n) is 8.56. The van der Waals surface area contributed by atoms with E-state index < -0.39 is 0 Å². The van der Waals surface area contributed by atoms with Crippen LogP contribution in [0.5, 0.6) is 0 Å². The molecular weight excluding hydrogens is 306 g/mol. The summed E-state index contributed by atoms with van der Waals surface area (Å²) < 4.78 is 1.76. The van der Waals surface area contributed by atoms with E-state index in [9.17, 15) is 4.79 Å². The zero-order valence-corrected chi connectivity index (χ0v) is 14.6. The summed E-state index contributed by atoms with van der Waals surface area (Å²) in [6.45, 7) is 11.5. The summed E-state index contributed by atoms with van der Waals surface area (Å²) in [6.07, 6.45) is 0. The maximum absolute atomic E-state index is 12.4. The predicted molar refractivity (Wildman–Crippen MR) is 92.1 cm³/mol. The summed E-state index contributed by atoms with van der Waals surface area (Å²) in [5.41, 5.74) is 0.754. The average molecular weight is 331 g/mol. The van der Waals surface area contributed by atoms with Crippen LogP contribution in [-0.2, 0) is 4.79 Å². The van der Waals surface area contributed by atoms with Crippen molar-refractivity contribution < 1.29 is 4.79 Å². The fraction of sp³-hybridized carbons (Fsp3) is 0.625. The lowest BCUT2D eigenvalue weighted by atomic mass is 10.3. The maximum Gasteiger partial charge on any atom is 0.236 e. The summed E-state index contributed by atoms with van der Waals surface area (Å²) in [6, 6.07) is 3.90. The number of carbonyl (C=O) groups is 1. The van der Waals surface area contributed by atoms with Crippen LogP contribution in [0, 0.1) is 6.92 Å². The van der Waals surface area contributed by atoms with Gasteiger partial charge in [-0.15, -0.1) is 15.3 Å². The van der Waals surface area contributed by atoms with Crippen molar-refractivity contribution in [2.24, 2.45) is 0 Å². The SMILES string of the molecule is CCN(CC)CC(=O)N1CCN(c2ccc3nnc(C)n3n2)CC1. The van der Waals surface area contributed by atoms with Crippen molar-refractivity contribution >= 4 is 17.4 Å². The van der Waals surface area contributed by atoms with Crippen molar-refractivity contribution in [1.29, 1.82) is 0 Å². The van der Waals surface area contributed by atoms with Gasteiger partial charge in [-0.1, -0.05) is 13.8 Å². The number of carbonyl (C=O) groups excluding carboxylic acids is 1. The molecule has 24 heavy (non-hydrogen) atoms. The van der Waals surface area contributed by atoms with E-state index in [1.54, 1.807) is 4.52 Å². The van der Waals surface area contributed by atoms with E-state index in [0.29, 0.717) is 6.54 Å². The Balaban J connectivity index is 1.61. The quantitative estimate of drug-likeness (QED) is 0.791. The Hall–Kier alpha value is -2.22. The van der Waals surface area contributed by atoms with Crippen LogP contribution in [0.1, 0.15) is 19.7 Å². The molecule has 1 fully saturated rings. The summed E-state index contributed by atoms with van der Waals surface area (Å²) >= 11 is 0. The molecule has 0 saturated carbocycles. The van der Waals surface area contributed by atoms with Crippen molar-refractivity contribution in [2.75, 3.05) is 50.7 Å². The molecule has 0 N–H and O–H groups in total. The van der Waals surface area contributed by atoms with Crippen LogP contribution < -0.4 is 4.90 Å². The van der Waals surface area contributed by atoms with Crippen LogP contribution in [-0.4, -0.2) is 81.3 Å². The molecule has 3 rings (SSSR count). The molecule has 2 aromatic rings. The second-order valence-corrected chi connectivity index (χ2v) is 6.04. The Morgan fingerprint density at radius 2 is 1.83 bits per heavy atom. The van der Waals surface area contributed by atoms with Gasteiger partial charge in [0.05, 0.1) is 6.54 Å². The third-order valence-corrected chi connectivity index (χ3v) is 4.61. The monoisotopic (exact) mass is 331 g/mol. The summed E-state index contributed by atoms with van der Waals surface area (Å²) in [5, 5.41) is 12.7. The third-order valence-electron chi connectivity index (χ3n) is 4.61. The van der Waals surface area contributed by atoms with Crippen molar-refractivity contribution in [3.05, 3.63) is 18.0 Å². The molecule has 0 unspecified atom stereocenters. The van der Waals surface area contributed by atoms with Crippen LogP contribution in [0.15, 0.2) is 12.1 Å². The highest BCUT2D eigenvalue weighted by Gasteiger charge is 2.23. The Bertz CT molecular complexity index is 702. The number of aryl methyl sites for hydroxylation is 1. The Morgan fingerprint density at radius 1 is 1.12 bits per heavy atom. The number of fused-ring (bicyclic) bond motifs is 1. The van der Waals surface area contributed by atoms with E-state index in [4.69, 9.17) is 0 Å². The molecule has 0 radical (unpaired) electrons. The highest BCUT2D eigenvalue weighted by molar-refractivity contribution is 5.78. The number of nitrogens with zero attached hydrogens (tertiary/aromatic N) is 7. The molecule has 1 aliphatic rings. The minimum atomic E-state index is 0.219. The number of likely N-dealkylation sites (N-methyl/N-ethyl adjacent to an activating group) is 1. The topological polar surface area (TPSA) is 69.9 Å². The van der Waals surface area contributed by atoms with Crippen molar-refractivity contribution in [3.8, 4) is 0 Å². The van der Waals surface area contributed by atoms with Crippen LogP contribution in [0.2, 0.25) is 0 Å². The Labute approximate surface area is 142 Å². The van der Waals surface area contributed by atoms with Gasteiger partial charge in [0.25, 0.3) is 0 Å². The smallest absolute Gasteiger partial charge is 0.236 e. The van der Waals surface area contributed by atoms with E-state index in [0.717, 1.165) is 56.6 Å². The molecular formula is C16H25N7O. The van der Waals surface area contributed by atoms with E-state index in [2.05, 4.69) is 38.9 Å². The van der Waals surface area contributed by atoms with Crippen molar-refractivity contribution in [1.82, 2.24) is 29.6 Å². The minimum absolute atomic E-state index is 0.219. The molecule has 130 valence electrons. The summed E-state index contributed by atoms with van der Waals surface area (Å²) in [4.78, 5) is 18.7. The van der Waals surface area contributed by atoms with Gasteiger partial charge in [-0.3, -0.25) is 9.69 Å². The zero-order chi connectivity index (χ0) is 17.1. The predicted octanol–water partition coefficient (Wildman–Crippen LogP) is 0.423. The van der Waals surface area contributed by atoms with E-state index in [1.165, 1.54) is 0 Å². The van der Waals surface area contributed by atoms with Gasteiger partial charge < -0.3 is 9.80 Å². The maximum atomic E-state index is 12.4. The lowest BCUT2D eigenvalue weighted by Crippen LogP contribution is -2.51. The van der Waals surface area contributed by atoms with Gasteiger partial charge in [0, 0.05) is 26.2 Å². The molecule has 0 aliphatic carbocycles. The number of piperazine rings is 1. The normalized spacial score (nSPS) is 15.5. The van der Waals surface area contributed by atoms with E-state index >= 15 is 0 Å². The first-order chi connectivity index (χ1) is 11.6. The highest BCUT2D eigenvalue weighted by Crippen LogP contribution is 2.15. The van der Waals surface area contributed by atoms with Crippen LogP contribution >= 0.6 is 0 Å². The Morgan fingerprint density at radius 3 is 2.50 bits per heavy atom. The van der Waals surface area contributed by atoms with Gasteiger partial charge in [-0.25, -0.2) is 0 Å². The summed E-state index contributed by atoms with van der Waals surface area (Å²) in [7, 11) is 0. The van der Waals surface area contributed by atoms with Gasteiger partial charge >= 0.3 is 0 Å². The van der Waals surface area contributed by atoms with Crippen molar-refractivity contribution in [2.45, 2.75) is 20.8 Å². The molecule has 1 aliphatic heterocycles. The molecule has 0 bridgehead atoms. The highest BCUT2D eigenvalue weighted by atomic mass is 16.2. The molecule has 1 saturated heterocycles. The van der Waals surface area contributed by atoms with Gasteiger partial charge in [-0.2, -0.15) is 4.52 Å². The lowest BCUT2D eigenvalue weighted by molar-refractivity contribution is -0.132. The second kappa shape index (κ2) is 7.12. The number of aromatic nitrogens is 4. The minimum Gasteiger partial charge on any atom is -0.352 e. The standard InChI is InChI=1S/C16H25N7O/c1-4-20(5-2)12-16(24)22-10-8-21(9-11-22)15-7-6-14-18-17-13(3)23(14)19-15/h6-7H,4-5,8-12H2,1-3H3. The second-order valence-electron chi connectivity index (χ2n) is 6.04. The summed E-state index contributed by atoms with van der Waals surface area (Å²) in [5.74, 6) is 1.90. The average Bonchev–Trinajstić information content (AvgIpc) is 3.00. The number of rotatable bonds is 5. The molecule has 3 heterocycles. The van der Waals surface area contributed by atoms with Gasteiger partial charge in [0.2, 0.25) is 5.91 Å². The van der Waals surface area contributed by atoms with Gasteiger partial charge in [0.1, 0.15) is 5.82 Å². The lowest BCUT2D eigenvalue weighted by Gasteiger charge is -2.36. The van der Waals surface area contributed by atoms with Gasteiger partial charge in [0.15, 0.2) is 11.5 Å². The molecule has 8 heteroatoms. The van der Waals surface area contributed by atoms with E-state index in [-0.39, 0.29) is 5.91 Å².